The number of amides is 1. The molecule has 1 fully saturated rings. The Bertz CT molecular complexity index is 633. The van der Waals surface area contributed by atoms with Crippen LogP contribution in [0.3, 0.4) is 0 Å². The molecule has 7 nitrogen and oxygen atoms in total. The minimum atomic E-state index is -3.27. The molecule has 1 aromatic rings. The summed E-state index contributed by atoms with van der Waals surface area (Å²) in [4.78, 5) is 16.5. The van der Waals surface area contributed by atoms with E-state index in [9.17, 15) is 13.2 Å². The van der Waals surface area contributed by atoms with Gasteiger partial charge in [-0.05, 0) is 31.9 Å². The smallest absolute Gasteiger partial charge is 0.237 e. The maximum Gasteiger partial charge on any atom is 0.237 e. The number of ether oxygens (including phenoxy) is 1. The number of hydrogen-bond donors (Lipinski definition) is 1. The SMILES string of the molecule is CCOc1ncccc1NC(=O)[C@@H]1CCCN(S(C)(=O)=O)C1. The molecule has 122 valence electrons. The first-order valence-corrected chi connectivity index (χ1v) is 9.10. The molecule has 1 aliphatic rings. The van der Waals surface area contributed by atoms with E-state index in [0.717, 1.165) is 0 Å². The molecule has 0 radical (unpaired) electrons. The van der Waals surface area contributed by atoms with Gasteiger partial charge in [-0.15, -0.1) is 0 Å². The van der Waals surface area contributed by atoms with Crippen LogP contribution in [0.5, 0.6) is 5.88 Å². The largest absolute Gasteiger partial charge is 0.476 e. The van der Waals surface area contributed by atoms with Gasteiger partial charge >= 0.3 is 0 Å². The number of hydrogen-bond acceptors (Lipinski definition) is 5. The highest BCUT2D eigenvalue weighted by atomic mass is 32.2. The standard InChI is InChI=1S/C14H21N3O4S/c1-3-21-14-12(7-4-8-15-14)16-13(18)11-6-5-9-17(10-11)22(2,19)20/h4,7-8,11H,3,5-6,9-10H2,1-2H3,(H,16,18)/t11-/m1/s1. The zero-order valence-electron chi connectivity index (χ0n) is 12.8. The number of carbonyl (C=O) groups is 1. The van der Waals surface area contributed by atoms with Crippen molar-refractivity contribution in [3.63, 3.8) is 0 Å². The highest BCUT2D eigenvalue weighted by Crippen LogP contribution is 2.24. The fourth-order valence-electron chi connectivity index (χ4n) is 2.43. The van der Waals surface area contributed by atoms with Gasteiger partial charge in [0.05, 0.1) is 18.8 Å². The monoisotopic (exact) mass is 327 g/mol. The third kappa shape index (κ3) is 4.17. The molecule has 1 amide bonds. The van der Waals surface area contributed by atoms with Crippen LogP contribution in [0, 0.1) is 5.92 Å². The summed E-state index contributed by atoms with van der Waals surface area (Å²) in [7, 11) is -3.27. The number of carbonyl (C=O) groups excluding carboxylic acids is 1. The minimum Gasteiger partial charge on any atom is -0.476 e. The van der Waals surface area contributed by atoms with Gasteiger partial charge in [-0.2, -0.15) is 0 Å². The molecule has 22 heavy (non-hydrogen) atoms. The number of aromatic nitrogens is 1. The van der Waals surface area contributed by atoms with Crippen LogP contribution in [-0.2, 0) is 14.8 Å². The predicted octanol–water partition coefficient (Wildman–Crippen LogP) is 1.09. The topological polar surface area (TPSA) is 88.6 Å². The second-order valence-corrected chi connectivity index (χ2v) is 7.22. The van der Waals surface area contributed by atoms with Crippen molar-refractivity contribution in [2.75, 3.05) is 31.3 Å². The van der Waals surface area contributed by atoms with E-state index in [1.165, 1.54) is 10.6 Å². The zero-order valence-corrected chi connectivity index (χ0v) is 13.6. The van der Waals surface area contributed by atoms with Gasteiger partial charge in [-0.3, -0.25) is 4.79 Å². The number of anilines is 1. The van der Waals surface area contributed by atoms with Crippen LogP contribution in [0.4, 0.5) is 5.69 Å². The van der Waals surface area contributed by atoms with Gasteiger partial charge in [0.1, 0.15) is 5.69 Å². The van der Waals surface area contributed by atoms with Crippen molar-refractivity contribution in [1.29, 1.82) is 0 Å². The maximum atomic E-state index is 12.4. The Kier molecular flexibility index (Phi) is 5.36. The Morgan fingerprint density at radius 2 is 2.32 bits per heavy atom. The molecule has 0 spiro atoms. The molecule has 0 aliphatic carbocycles. The van der Waals surface area contributed by atoms with E-state index in [1.807, 2.05) is 6.92 Å². The van der Waals surface area contributed by atoms with Crippen molar-refractivity contribution in [2.45, 2.75) is 19.8 Å². The first kappa shape index (κ1) is 16.7. The molecular weight excluding hydrogens is 306 g/mol. The lowest BCUT2D eigenvalue weighted by Crippen LogP contribution is -2.43. The van der Waals surface area contributed by atoms with Crippen LogP contribution < -0.4 is 10.1 Å². The Morgan fingerprint density at radius 1 is 1.55 bits per heavy atom. The highest BCUT2D eigenvalue weighted by molar-refractivity contribution is 7.88. The summed E-state index contributed by atoms with van der Waals surface area (Å²) in [6, 6.07) is 3.43. The molecule has 0 aromatic carbocycles. The third-order valence-electron chi connectivity index (χ3n) is 3.53. The van der Waals surface area contributed by atoms with Crippen LogP contribution in [0.1, 0.15) is 19.8 Å². The van der Waals surface area contributed by atoms with Gasteiger partial charge < -0.3 is 10.1 Å². The zero-order chi connectivity index (χ0) is 16.2. The lowest BCUT2D eigenvalue weighted by atomic mass is 9.99. The number of nitrogens with one attached hydrogen (secondary N) is 1. The molecule has 1 aliphatic heterocycles. The van der Waals surface area contributed by atoms with Gasteiger partial charge in [0.2, 0.25) is 21.8 Å². The van der Waals surface area contributed by atoms with Crippen molar-refractivity contribution < 1.29 is 17.9 Å². The van der Waals surface area contributed by atoms with Gasteiger partial charge in [-0.1, -0.05) is 0 Å². The van der Waals surface area contributed by atoms with E-state index in [-0.39, 0.29) is 18.4 Å². The Labute approximate surface area is 130 Å². The fourth-order valence-corrected chi connectivity index (χ4v) is 3.34. The van der Waals surface area contributed by atoms with Crippen LogP contribution in [0.2, 0.25) is 0 Å². The number of pyridine rings is 1. The van der Waals surface area contributed by atoms with Crippen molar-refractivity contribution in [3.8, 4) is 5.88 Å². The molecule has 0 bridgehead atoms. The quantitative estimate of drug-likeness (QED) is 0.874. The molecule has 8 heteroatoms. The third-order valence-corrected chi connectivity index (χ3v) is 4.80. The van der Waals surface area contributed by atoms with E-state index >= 15 is 0 Å². The van der Waals surface area contributed by atoms with Crippen LogP contribution >= 0.6 is 0 Å². The summed E-state index contributed by atoms with van der Waals surface area (Å²) in [5, 5.41) is 2.79. The lowest BCUT2D eigenvalue weighted by molar-refractivity contribution is -0.120. The van der Waals surface area contributed by atoms with Crippen LogP contribution in [-0.4, -0.2) is 49.6 Å². The van der Waals surface area contributed by atoms with Crippen molar-refractivity contribution in [2.24, 2.45) is 5.92 Å². The van der Waals surface area contributed by atoms with E-state index in [4.69, 9.17) is 4.74 Å². The van der Waals surface area contributed by atoms with Gasteiger partial charge in [0.15, 0.2) is 0 Å². The fraction of sp³-hybridized carbons (Fsp3) is 0.571. The van der Waals surface area contributed by atoms with E-state index in [2.05, 4.69) is 10.3 Å². The highest BCUT2D eigenvalue weighted by Gasteiger charge is 2.30. The molecule has 1 aromatic heterocycles. The van der Waals surface area contributed by atoms with E-state index in [0.29, 0.717) is 37.6 Å². The predicted molar refractivity (Wildman–Crippen MR) is 83.2 cm³/mol. The molecule has 1 saturated heterocycles. The normalized spacial score (nSPS) is 19.6. The Morgan fingerprint density at radius 3 is 3.00 bits per heavy atom. The molecule has 1 atom stereocenters. The average molecular weight is 327 g/mol. The summed E-state index contributed by atoms with van der Waals surface area (Å²) in [5.74, 6) is -0.199. The lowest BCUT2D eigenvalue weighted by Gasteiger charge is -2.30. The number of rotatable bonds is 5. The van der Waals surface area contributed by atoms with E-state index < -0.39 is 10.0 Å². The van der Waals surface area contributed by atoms with Crippen LogP contribution in [0.25, 0.3) is 0 Å². The Balaban J connectivity index is 2.06. The minimum absolute atomic E-state index is 0.206. The maximum absolute atomic E-state index is 12.4. The molecule has 2 rings (SSSR count). The number of nitrogens with zero attached hydrogens (tertiary/aromatic N) is 2. The van der Waals surface area contributed by atoms with Crippen molar-refractivity contribution in [3.05, 3.63) is 18.3 Å². The first-order valence-electron chi connectivity index (χ1n) is 7.25. The molecule has 0 saturated carbocycles. The summed E-state index contributed by atoms with van der Waals surface area (Å²) >= 11 is 0. The van der Waals surface area contributed by atoms with E-state index in [1.54, 1.807) is 18.3 Å². The summed E-state index contributed by atoms with van der Waals surface area (Å²) in [6.45, 7) is 2.98. The average Bonchev–Trinajstić information content (AvgIpc) is 2.49. The van der Waals surface area contributed by atoms with Crippen molar-refractivity contribution in [1.82, 2.24) is 9.29 Å². The second kappa shape index (κ2) is 7.06. The Hall–Kier alpha value is -1.67. The van der Waals surface area contributed by atoms with Gasteiger partial charge in [0, 0.05) is 19.3 Å². The summed E-state index contributed by atoms with van der Waals surface area (Å²) < 4.78 is 30.0. The molecule has 0 unspecified atom stereocenters. The first-order chi connectivity index (χ1) is 10.4. The number of sulfonamides is 1. The molecule has 2 heterocycles. The van der Waals surface area contributed by atoms with Gasteiger partial charge in [-0.25, -0.2) is 17.7 Å². The molecular formula is C14H21N3O4S. The summed E-state index contributed by atoms with van der Waals surface area (Å²) in [6.07, 6.45) is 4.10. The second-order valence-electron chi connectivity index (χ2n) is 5.24. The number of piperidine rings is 1. The summed E-state index contributed by atoms with van der Waals surface area (Å²) in [5.41, 5.74) is 0.505. The van der Waals surface area contributed by atoms with Gasteiger partial charge in [0.25, 0.3) is 0 Å². The van der Waals surface area contributed by atoms with Crippen molar-refractivity contribution >= 4 is 21.6 Å². The molecule has 1 N–H and O–H groups in total. The van der Waals surface area contributed by atoms with Crippen LogP contribution in [0.15, 0.2) is 18.3 Å².